The van der Waals surface area contributed by atoms with Crippen LogP contribution in [0.15, 0.2) is 65.9 Å². The maximum atomic E-state index is 5.41. The summed E-state index contributed by atoms with van der Waals surface area (Å²) in [7, 11) is 1.73. The predicted molar refractivity (Wildman–Crippen MR) is 85.4 cm³/mol. The number of aliphatic imine (C=N–C) groups is 1. The van der Waals surface area contributed by atoms with Crippen molar-refractivity contribution in [2.24, 2.45) is 10.7 Å². The van der Waals surface area contributed by atoms with Crippen LogP contribution in [0.1, 0.15) is 16.8 Å². The number of rotatable bonds is 4. The Hall–Kier alpha value is -2.68. The van der Waals surface area contributed by atoms with Crippen LogP contribution in [-0.2, 0) is 0 Å². The van der Waals surface area contributed by atoms with Gasteiger partial charge < -0.3 is 5.73 Å². The zero-order valence-electron chi connectivity index (χ0n) is 11.4. The maximum absolute atomic E-state index is 5.41. The third-order valence-electron chi connectivity index (χ3n) is 2.81. The Bertz CT molecular complexity index is 640. The van der Waals surface area contributed by atoms with Crippen molar-refractivity contribution in [2.75, 3.05) is 7.05 Å². The Morgan fingerprint density at radius 1 is 1.10 bits per heavy atom. The first-order valence-corrected chi connectivity index (χ1v) is 6.38. The summed E-state index contributed by atoms with van der Waals surface area (Å²) in [6.45, 7) is 0. The lowest BCUT2D eigenvalue weighted by Gasteiger charge is -2.01. The van der Waals surface area contributed by atoms with E-state index in [9.17, 15) is 0 Å². The second-order valence-electron chi connectivity index (χ2n) is 4.19. The van der Waals surface area contributed by atoms with Gasteiger partial charge in [-0.1, -0.05) is 42.5 Å². The van der Waals surface area contributed by atoms with Gasteiger partial charge >= 0.3 is 0 Å². The highest BCUT2D eigenvalue weighted by Gasteiger charge is 2.00. The predicted octanol–water partition coefficient (Wildman–Crippen LogP) is 3.14. The molecule has 0 aliphatic rings. The second-order valence-corrected chi connectivity index (χ2v) is 4.19. The highest BCUT2D eigenvalue weighted by Crippen LogP contribution is 2.09. The number of allylic oxidation sites excluding steroid dienone is 1. The van der Waals surface area contributed by atoms with E-state index in [1.54, 1.807) is 19.3 Å². The van der Waals surface area contributed by atoms with Crippen molar-refractivity contribution in [2.45, 2.75) is 0 Å². The fourth-order valence-corrected chi connectivity index (χ4v) is 1.81. The van der Waals surface area contributed by atoms with Gasteiger partial charge in [-0.3, -0.25) is 9.98 Å². The molecule has 20 heavy (non-hydrogen) atoms. The first kappa shape index (κ1) is 13.7. The normalized spacial score (nSPS) is 12.3. The summed E-state index contributed by atoms with van der Waals surface area (Å²) in [5.41, 5.74) is 9.23. The molecule has 0 atom stereocenters. The van der Waals surface area contributed by atoms with E-state index in [0.717, 1.165) is 22.5 Å². The van der Waals surface area contributed by atoms with Crippen molar-refractivity contribution in [3.63, 3.8) is 0 Å². The van der Waals surface area contributed by atoms with Crippen molar-refractivity contribution >= 4 is 17.9 Å². The topological polar surface area (TPSA) is 51.3 Å². The van der Waals surface area contributed by atoms with E-state index >= 15 is 0 Å². The smallest absolute Gasteiger partial charge is 0.0887 e. The SMILES string of the molecule is CN=C(C=CN)c1cc(/C=C/c2ccccc2)ccn1. The second kappa shape index (κ2) is 7.04. The Labute approximate surface area is 119 Å². The summed E-state index contributed by atoms with van der Waals surface area (Å²) in [5, 5.41) is 0. The zero-order valence-corrected chi connectivity index (χ0v) is 11.4. The lowest BCUT2D eigenvalue weighted by molar-refractivity contribution is 1.27. The molecule has 1 heterocycles. The number of hydrogen-bond donors (Lipinski definition) is 1. The van der Waals surface area contributed by atoms with Crippen LogP contribution in [0.5, 0.6) is 0 Å². The van der Waals surface area contributed by atoms with E-state index in [1.807, 2.05) is 30.3 Å². The molecule has 0 bridgehead atoms. The van der Waals surface area contributed by atoms with Crippen molar-refractivity contribution in [3.05, 3.63) is 77.8 Å². The number of nitrogens with two attached hydrogens (primary N) is 1. The van der Waals surface area contributed by atoms with Crippen LogP contribution in [-0.4, -0.2) is 17.7 Å². The molecule has 3 heteroatoms. The standard InChI is InChI=1S/C17H17N3/c1-19-16(9-11-18)17-13-15(10-12-20-17)8-7-14-5-3-2-4-6-14/h2-13H,18H2,1H3/b8-7+,11-9?,19-16?. The van der Waals surface area contributed by atoms with Crippen LogP contribution in [0.4, 0.5) is 0 Å². The van der Waals surface area contributed by atoms with E-state index in [4.69, 9.17) is 5.73 Å². The average Bonchev–Trinajstić information content (AvgIpc) is 2.52. The number of aromatic nitrogens is 1. The molecule has 3 nitrogen and oxygen atoms in total. The fraction of sp³-hybridized carbons (Fsp3) is 0.0588. The third kappa shape index (κ3) is 3.65. The van der Waals surface area contributed by atoms with E-state index in [2.05, 4.69) is 34.3 Å². The summed E-state index contributed by atoms with van der Waals surface area (Å²) in [4.78, 5) is 8.48. The van der Waals surface area contributed by atoms with Crippen molar-refractivity contribution < 1.29 is 0 Å². The number of nitrogens with zero attached hydrogens (tertiary/aromatic N) is 2. The number of hydrogen-bond acceptors (Lipinski definition) is 3. The van der Waals surface area contributed by atoms with Crippen LogP contribution < -0.4 is 5.73 Å². The van der Waals surface area contributed by atoms with Gasteiger partial charge in [-0.25, -0.2) is 0 Å². The first-order valence-electron chi connectivity index (χ1n) is 6.38. The fourth-order valence-electron chi connectivity index (χ4n) is 1.81. The molecule has 0 saturated carbocycles. The lowest BCUT2D eigenvalue weighted by Crippen LogP contribution is -2.01. The molecule has 2 N–H and O–H groups in total. The number of benzene rings is 1. The Morgan fingerprint density at radius 3 is 2.55 bits per heavy atom. The summed E-state index contributed by atoms with van der Waals surface area (Å²) in [5.74, 6) is 0. The summed E-state index contributed by atoms with van der Waals surface area (Å²) >= 11 is 0. The molecule has 0 amide bonds. The van der Waals surface area contributed by atoms with Crippen molar-refractivity contribution in [1.82, 2.24) is 4.98 Å². The van der Waals surface area contributed by atoms with E-state index < -0.39 is 0 Å². The third-order valence-corrected chi connectivity index (χ3v) is 2.81. The van der Waals surface area contributed by atoms with Crippen LogP contribution in [0, 0.1) is 0 Å². The Balaban J connectivity index is 2.24. The molecule has 0 spiro atoms. The van der Waals surface area contributed by atoms with Gasteiger partial charge in [0.2, 0.25) is 0 Å². The Kier molecular flexibility index (Phi) is 4.84. The summed E-state index contributed by atoms with van der Waals surface area (Å²) < 4.78 is 0. The van der Waals surface area contributed by atoms with Gasteiger partial charge in [0.1, 0.15) is 0 Å². The molecule has 0 unspecified atom stereocenters. The van der Waals surface area contributed by atoms with Gasteiger partial charge in [-0.15, -0.1) is 0 Å². The molecular formula is C17H17N3. The molecule has 2 rings (SSSR count). The van der Waals surface area contributed by atoms with Crippen LogP contribution in [0.2, 0.25) is 0 Å². The average molecular weight is 263 g/mol. The van der Waals surface area contributed by atoms with Gasteiger partial charge in [-0.2, -0.15) is 0 Å². The number of pyridine rings is 1. The monoisotopic (exact) mass is 263 g/mol. The van der Waals surface area contributed by atoms with E-state index in [0.29, 0.717) is 0 Å². The van der Waals surface area contributed by atoms with Gasteiger partial charge in [0, 0.05) is 13.2 Å². The van der Waals surface area contributed by atoms with E-state index in [-0.39, 0.29) is 0 Å². The molecule has 2 aromatic rings. The minimum absolute atomic E-state index is 0.766. The molecule has 0 saturated heterocycles. The van der Waals surface area contributed by atoms with Crippen molar-refractivity contribution in [1.29, 1.82) is 0 Å². The van der Waals surface area contributed by atoms with Gasteiger partial charge in [0.25, 0.3) is 0 Å². The molecule has 0 aliphatic heterocycles. The molecule has 1 aromatic carbocycles. The largest absolute Gasteiger partial charge is 0.405 e. The van der Waals surface area contributed by atoms with Crippen LogP contribution >= 0.6 is 0 Å². The molecular weight excluding hydrogens is 246 g/mol. The molecule has 0 fully saturated rings. The molecule has 100 valence electrons. The Morgan fingerprint density at radius 2 is 1.85 bits per heavy atom. The summed E-state index contributed by atoms with van der Waals surface area (Å²) in [6, 6.07) is 14.1. The zero-order chi connectivity index (χ0) is 14.2. The maximum Gasteiger partial charge on any atom is 0.0887 e. The van der Waals surface area contributed by atoms with Gasteiger partial charge in [0.05, 0.1) is 11.4 Å². The minimum Gasteiger partial charge on any atom is -0.405 e. The van der Waals surface area contributed by atoms with Crippen LogP contribution in [0.3, 0.4) is 0 Å². The molecule has 1 aromatic heterocycles. The lowest BCUT2D eigenvalue weighted by atomic mass is 10.1. The van der Waals surface area contributed by atoms with Gasteiger partial charge in [0.15, 0.2) is 0 Å². The summed E-state index contributed by atoms with van der Waals surface area (Å²) in [6.07, 6.45) is 9.11. The minimum atomic E-state index is 0.766. The van der Waals surface area contributed by atoms with Crippen LogP contribution in [0.25, 0.3) is 12.2 Å². The van der Waals surface area contributed by atoms with Gasteiger partial charge in [-0.05, 0) is 35.5 Å². The molecule has 0 aliphatic carbocycles. The van der Waals surface area contributed by atoms with Crippen molar-refractivity contribution in [3.8, 4) is 0 Å². The molecule has 0 radical (unpaired) electrons. The highest BCUT2D eigenvalue weighted by atomic mass is 14.8. The quantitative estimate of drug-likeness (QED) is 0.861. The first-order chi connectivity index (χ1) is 9.83. The van der Waals surface area contributed by atoms with E-state index in [1.165, 1.54) is 6.20 Å². The highest BCUT2D eigenvalue weighted by molar-refractivity contribution is 6.07.